The van der Waals surface area contributed by atoms with Crippen LogP contribution < -0.4 is 5.56 Å². The molecule has 0 atom stereocenters. The van der Waals surface area contributed by atoms with Crippen molar-refractivity contribution >= 4 is 33.7 Å². The highest BCUT2D eigenvalue weighted by atomic mass is 79.9. The first-order valence-electron chi connectivity index (χ1n) is 5.24. The molecule has 0 fully saturated rings. The number of rotatable bonds is 3. The lowest BCUT2D eigenvalue weighted by molar-refractivity contribution is 0.0693. The molecule has 2 N–H and O–H groups in total. The average Bonchev–Trinajstić information content (AvgIpc) is 2.26. The zero-order valence-electron chi connectivity index (χ0n) is 9.81. The molecular formula is C12H9BrN2O3S. The third kappa shape index (κ3) is 3.45. The molecule has 2 aromatic rings. The summed E-state index contributed by atoms with van der Waals surface area (Å²) in [5.41, 5.74) is 0.484. The van der Waals surface area contributed by atoms with E-state index < -0.39 is 5.97 Å². The van der Waals surface area contributed by atoms with Gasteiger partial charge in [-0.15, -0.1) is 0 Å². The Morgan fingerprint density at radius 1 is 1.42 bits per heavy atom. The molecule has 0 aliphatic carbocycles. The first-order chi connectivity index (χ1) is 8.95. The number of nitrogens with zero attached hydrogens (tertiary/aromatic N) is 1. The Balaban J connectivity index is 2.45. The number of aryl methyl sites for hydroxylation is 1. The summed E-state index contributed by atoms with van der Waals surface area (Å²) >= 11 is 4.40. The van der Waals surface area contributed by atoms with E-state index in [1.54, 1.807) is 19.1 Å². The molecule has 5 nitrogen and oxygen atoms in total. The molecule has 0 amide bonds. The molecule has 0 unspecified atom stereocenters. The summed E-state index contributed by atoms with van der Waals surface area (Å²) in [7, 11) is 0. The number of hydrogen-bond acceptors (Lipinski definition) is 4. The summed E-state index contributed by atoms with van der Waals surface area (Å²) in [4.78, 5) is 29.7. The van der Waals surface area contributed by atoms with Crippen molar-refractivity contribution in [1.29, 1.82) is 0 Å². The van der Waals surface area contributed by atoms with E-state index in [1.807, 2.05) is 0 Å². The molecule has 0 spiro atoms. The van der Waals surface area contributed by atoms with Gasteiger partial charge < -0.3 is 10.1 Å². The number of aromatic nitrogens is 2. The molecule has 0 saturated heterocycles. The van der Waals surface area contributed by atoms with Crippen LogP contribution >= 0.6 is 27.7 Å². The fourth-order valence-electron chi connectivity index (χ4n) is 1.46. The third-order valence-electron chi connectivity index (χ3n) is 2.23. The monoisotopic (exact) mass is 340 g/mol. The zero-order chi connectivity index (χ0) is 14.0. The van der Waals surface area contributed by atoms with Crippen LogP contribution in [-0.4, -0.2) is 21.0 Å². The Morgan fingerprint density at radius 3 is 2.79 bits per heavy atom. The molecule has 19 heavy (non-hydrogen) atoms. The minimum absolute atomic E-state index is 0.164. The molecule has 0 bridgehead atoms. The predicted molar refractivity (Wildman–Crippen MR) is 74.8 cm³/mol. The number of aromatic carboxylic acids is 1. The molecule has 0 saturated carbocycles. The number of halogens is 1. The van der Waals surface area contributed by atoms with E-state index in [1.165, 1.54) is 12.1 Å². The van der Waals surface area contributed by atoms with Crippen LogP contribution in [0.3, 0.4) is 0 Å². The highest BCUT2D eigenvalue weighted by molar-refractivity contribution is 9.10. The van der Waals surface area contributed by atoms with Crippen molar-refractivity contribution in [3.63, 3.8) is 0 Å². The average molecular weight is 341 g/mol. The number of benzene rings is 1. The molecular weight excluding hydrogens is 332 g/mol. The molecule has 1 aromatic carbocycles. The highest BCUT2D eigenvalue weighted by Crippen LogP contribution is 2.30. The summed E-state index contributed by atoms with van der Waals surface area (Å²) in [5.74, 6) is -1.02. The maximum absolute atomic E-state index is 11.4. The van der Waals surface area contributed by atoms with Crippen molar-refractivity contribution in [3.8, 4) is 0 Å². The lowest BCUT2D eigenvalue weighted by atomic mass is 10.2. The van der Waals surface area contributed by atoms with Gasteiger partial charge in [0.25, 0.3) is 5.56 Å². The third-order valence-corrected chi connectivity index (χ3v) is 3.67. The van der Waals surface area contributed by atoms with Crippen LogP contribution in [0.15, 0.2) is 43.6 Å². The molecule has 7 heteroatoms. The van der Waals surface area contributed by atoms with Gasteiger partial charge in [-0.3, -0.25) is 4.79 Å². The van der Waals surface area contributed by atoms with Gasteiger partial charge in [0.05, 0.1) is 5.56 Å². The second kappa shape index (κ2) is 5.58. The lowest BCUT2D eigenvalue weighted by Gasteiger charge is -2.06. The summed E-state index contributed by atoms with van der Waals surface area (Å²) < 4.78 is 0.759. The van der Waals surface area contributed by atoms with Gasteiger partial charge in [0.2, 0.25) is 0 Å². The van der Waals surface area contributed by atoms with Gasteiger partial charge in [-0.25, -0.2) is 9.78 Å². The number of carbonyl (C=O) groups is 1. The number of H-pyrrole nitrogens is 1. The van der Waals surface area contributed by atoms with E-state index in [4.69, 9.17) is 5.11 Å². The molecule has 0 aliphatic heterocycles. The second-order valence-corrected chi connectivity index (χ2v) is 5.69. The first kappa shape index (κ1) is 13.8. The van der Waals surface area contributed by atoms with Crippen LogP contribution in [0.25, 0.3) is 0 Å². The number of aromatic amines is 1. The van der Waals surface area contributed by atoms with Gasteiger partial charge >= 0.3 is 5.97 Å². The predicted octanol–water partition coefficient (Wildman–Crippen LogP) is 2.69. The van der Waals surface area contributed by atoms with Crippen LogP contribution in [0.1, 0.15) is 16.1 Å². The minimum Gasteiger partial charge on any atom is -0.478 e. The maximum atomic E-state index is 11.4. The van der Waals surface area contributed by atoms with E-state index in [9.17, 15) is 9.59 Å². The Labute approximate surface area is 121 Å². The van der Waals surface area contributed by atoms with Gasteiger partial charge in [-0.1, -0.05) is 27.7 Å². The second-order valence-electron chi connectivity index (χ2n) is 3.74. The van der Waals surface area contributed by atoms with Gasteiger partial charge in [-0.2, -0.15) is 0 Å². The number of nitrogens with one attached hydrogen (secondary N) is 1. The Hall–Kier alpha value is -1.60. The Morgan fingerprint density at radius 2 is 2.16 bits per heavy atom. The Bertz CT molecular complexity index is 700. The topological polar surface area (TPSA) is 83.0 Å². The van der Waals surface area contributed by atoms with Gasteiger partial charge in [-0.05, 0) is 25.1 Å². The standard InChI is InChI=1S/C12H9BrN2O3S/c1-6-4-10(16)15-12(14-6)19-9-5-7(13)2-3-8(9)11(17)18/h2-5H,1H3,(H,17,18)(H,14,15,16). The number of carboxylic acids is 1. The Kier molecular flexibility index (Phi) is 4.06. The fourth-order valence-corrected chi connectivity index (χ4v) is 2.97. The highest BCUT2D eigenvalue weighted by Gasteiger charge is 2.13. The van der Waals surface area contributed by atoms with Crippen molar-refractivity contribution in [2.45, 2.75) is 17.0 Å². The smallest absolute Gasteiger partial charge is 0.336 e. The van der Waals surface area contributed by atoms with E-state index in [2.05, 4.69) is 25.9 Å². The van der Waals surface area contributed by atoms with E-state index in [0.717, 1.165) is 16.2 Å². The van der Waals surface area contributed by atoms with Gasteiger partial charge in [0.1, 0.15) is 0 Å². The SMILES string of the molecule is Cc1cc(=O)[nH]c(Sc2cc(Br)ccc2C(=O)O)n1. The number of carboxylic acid groups (broad SMARTS) is 1. The lowest BCUT2D eigenvalue weighted by Crippen LogP contribution is -2.08. The summed E-state index contributed by atoms with van der Waals surface area (Å²) in [5, 5.41) is 9.49. The zero-order valence-corrected chi connectivity index (χ0v) is 12.2. The van der Waals surface area contributed by atoms with E-state index >= 15 is 0 Å². The first-order valence-corrected chi connectivity index (χ1v) is 6.85. The number of hydrogen-bond donors (Lipinski definition) is 2. The fraction of sp³-hybridized carbons (Fsp3) is 0.0833. The normalized spacial score (nSPS) is 10.4. The minimum atomic E-state index is -1.02. The summed E-state index contributed by atoms with van der Waals surface area (Å²) in [6.07, 6.45) is 0. The summed E-state index contributed by atoms with van der Waals surface area (Å²) in [6.45, 7) is 1.71. The van der Waals surface area contributed by atoms with Gasteiger partial charge in [0, 0.05) is 21.1 Å². The molecule has 98 valence electrons. The molecule has 1 heterocycles. The van der Waals surface area contributed by atoms with Crippen molar-refractivity contribution < 1.29 is 9.90 Å². The van der Waals surface area contributed by atoms with Gasteiger partial charge in [0.15, 0.2) is 5.16 Å². The largest absolute Gasteiger partial charge is 0.478 e. The van der Waals surface area contributed by atoms with Crippen LogP contribution in [0.4, 0.5) is 0 Å². The van der Waals surface area contributed by atoms with Crippen molar-refractivity contribution in [2.24, 2.45) is 0 Å². The molecule has 0 aliphatic rings. The maximum Gasteiger partial charge on any atom is 0.336 e. The van der Waals surface area contributed by atoms with Crippen LogP contribution in [-0.2, 0) is 0 Å². The van der Waals surface area contributed by atoms with E-state index in [-0.39, 0.29) is 11.1 Å². The van der Waals surface area contributed by atoms with Crippen LogP contribution in [0.2, 0.25) is 0 Å². The molecule has 0 radical (unpaired) electrons. The van der Waals surface area contributed by atoms with Crippen molar-refractivity contribution in [1.82, 2.24) is 9.97 Å². The van der Waals surface area contributed by atoms with Crippen LogP contribution in [0.5, 0.6) is 0 Å². The van der Waals surface area contributed by atoms with Crippen molar-refractivity contribution in [2.75, 3.05) is 0 Å². The van der Waals surface area contributed by atoms with E-state index in [0.29, 0.717) is 15.7 Å². The van der Waals surface area contributed by atoms with Crippen molar-refractivity contribution in [3.05, 3.63) is 50.3 Å². The summed E-state index contributed by atoms with van der Waals surface area (Å²) in [6, 6.07) is 6.21. The van der Waals surface area contributed by atoms with Crippen LogP contribution in [0, 0.1) is 6.92 Å². The quantitative estimate of drug-likeness (QED) is 0.839. The molecule has 1 aromatic heterocycles. The molecule has 2 rings (SSSR count).